The van der Waals surface area contributed by atoms with Crippen LogP contribution in [0.1, 0.15) is 12.5 Å². The van der Waals surface area contributed by atoms with E-state index in [1.54, 1.807) is 25.1 Å². The molecule has 1 aromatic rings. The van der Waals surface area contributed by atoms with Gasteiger partial charge in [-0.15, -0.1) is 0 Å². The fraction of sp³-hybridized carbons (Fsp3) is 0.500. The molecule has 0 aliphatic carbocycles. The summed E-state index contributed by atoms with van der Waals surface area (Å²) in [5.74, 6) is 0. The highest BCUT2D eigenvalue weighted by atomic mass is 35.5. The number of nitrogens with zero attached hydrogens (tertiary/aromatic N) is 1. The first kappa shape index (κ1) is 17.1. The van der Waals surface area contributed by atoms with Crippen molar-refractivity contribution in [2.24, 2.45) is 0 Å². The van der Waals surface area contributed by atoms with Gasteiger partial charge >= 0.3 is 6.03 Å². The molecular formula is C14H20Cl2N2O2. The van der Waals surface area contributed by atoms with Crippen LogP contribution in [0.2, 0.25) is 10.0 Å². The molecule has 1 rings (SSSR count). The summed E-state index contributed by atoms with van der Waals surface area (Å²) >= 11 is 11.8. The predicted octanol–water partition coefficient (Wildman–Crippen LogP) is 3.21. The van der Waals surface area contributed by atoms with E-state index in [1.807, 2.05) is 19.1 Å². The van der Waals surface area contributed by atoms with Crippen molar-refractivity contribution in [2.45, 2.75) is 19.4 Å². The molecule has 0 spiro atoms. The van der Waals surface area contributed by atoms with Gasteiger partial charge in [0.1, 0.15) is 0 Å². The SMILES string of the molecule is COCC(C)N(C)C(=O)NCCc1cc(Cl)cc(Cl)c1. The third-order valence-corrected chi connectivity index (χ3v) is 3.44. The Bertz CT molecular complexity index is 435. The molecule has 1 aromatic carbocycles. The summed E-state index contributed by atoms with van der Waals surface area (Å²) < 4.78 is 5.02. The van der Waals surface area contributed by atoms with E-state index in [0.717, 1.165) is 5.56 Å². The molecule has 0 aliphatic rings. The zero-order valence-electron chi connectivity index (χ0n) is 12.0. The largest absolute Gasteiger partial charge is 0.383 e. The molecule has 0 radical (unpaired) electrons. The quantitative estimate of drug-likeness (QED) is 0.875. The lowest BCUT2D eigenvalue weighted by Gasteiger charge is -2.24. The highest BCUT2D eigenvalue weighted by molar-refractivity contribution is 6.34. The van der Waals surface area contributed by atoms with Crippen LogP contribution >= 0.6 is 23.2 Å². The summed E-state index contributed by atoms with van der Waals surface area (Å²) in [4.78, 5) is 13.5. The van der Waals surface area contributed by atoms with Crippen molar-refractivity contribution in [3.63, 3.8) is 0 Å². The first-order chi connectivity index (χ1) is 9.43. The Hall–Kier alpha value is -0.970. The topological polar surface area (TPSA) is 41.6 Å². The number of halogens is 2. The van der Waals surface area contributed by atoms with Crippen molar-refractivity contribution < 1.29 is 9.53 Å². The van der Waals surface area contributed by atoms with Gasteiger partial charge in [0, 0.05) is 30.7 Å². The number of hydrogen-bond donors (Lipinski definition) is 1. The molecule has 4 nitrogen and oxygen atoms in total. The molecule has 0 saturated carbocycles. The van der Waals surface area contributed by atoms with E-state index in [1.165, 1.54) is 0 Å². The van der Waals surface area contributed by atoms with Crippen molar-refractivity contribution in [2.75, 3.05) is 27.3 Å². The van der Waals surface area contributed by atoms with Crippen LogP contribution < -0.4 is 5.32 Å². The molecule has 0 bridgehead atoms. The number of nitrogens with one attached hydrogen (secondary N) is 1. The van der Waals surface area contributed by atoms with Gasteiger partial charge in [-0.3, -0.25) is 0 Å². The summed E-state index contributed by atoms with van der Waals surface area (Å²) in [7, 11) is 3.36. The maximum absolute atomic E-state index is 11.9. The summed E-state index contributed by atoms with van der Waals surface area (Å²) in [5, 5.41) is 4.06. The van der Waals surface area contributed by atoms with Crippen molar-refractivity contribution in [1.29, 1.82) is 0 Å². The average Bonchev–Trinajstić information content (AvgIpc) is 2.36. The van der Waals surface area contributed by atoms with Crippen molar-refractivity contribution in [3.8, 4) is 0 Å². The van der Waals surface area contributed by atoms with Gasteiger partial charge in [-0.05, 0) is 37.1 Å². The van der Waals surface area contributed by atoms with Crippen molar-refractivity contribution in [3.05, 3.63) is 33.8 Å². The molecule has 20 heavy (non-hydrogen) atoms. The lowest BCUT2D eigenvalue weighted by atomic mass is 10.1. The van der Waals surface area contributed by atoms with E-state index in [2.05, 4.69) is 5.32 Å². The van der Waals surface area contributed by atoms with Gasteiger partial charge in [0.2, 0.25) is 0 Å². The molecular weight excluding hydrogens is 299 g/mol. The fourth-order valence-corrected chi connectivity index (χ4v) is 2.32. The van der Waals surface area contributed by atoms with Crippen LogP contribution in [0, 0.1) is 0 Å². The molecule has 0 fully saturated rings. The molecule has 0 aliphatic heterocycles. The van der Waals surface area contributed by atoms with Crippen LogP contribution in [0.4, 0.5) is 4.79 Å². The third-order valence-electron chi connectivity index (χ3n) is 3.00. The van der Waals surface area contributed by atoms with E-state index in [-0.39, 0.29) is 12.1 Å². The number of rotatable bonds is 6. The van der Waals surface area contributed by atoms with Gasteiger partial charge in [-0.2, -0.15) is 0 Å². The van der Waals surface area contributed by atoms with E-state index in [9.17, 15) is 4.79 Å². The molecule has 1 atom stereocenters. The first-order valence-electron chi connectivity index (χ1n) is 6.38. The fourth-order valence-electron chi connectivity index (χ4n) is 1.75. The monoisotopic (exact) mass is 318 g/mol. The molecule has 6 heteroatoms. The number of carbonyl (C=O) groups excluding carboxylic acids is 1. The standard InChI is InChI=1S/C14H20Cl2N2O2/c1-10(9-20-3)18(2)14(19)17-5-4-11-6-12(15)8-13(16)7-11/h6-8,10H,4-5,9H2,1-3H3,(H,17,19). The minimum Gasteiger partial charge on any atom is -0.383 e. The molecule has 0 saturated heterocycles. The van der Waals surface area contributed by atoms with Crippen molar-refractivity contribution >= 4 is 29.2 Å². The summed E-state index contributed by atoms with van der Waals surface area (Å²) in [6, 6.07) is 5.28. The number of carbonyl (C=O) groups is 1. The lowest BCUT2D eigenvalue weighted by Crippen LogP contribution is -2.44. The maximum atomic E-state index is 11.9. The van der Waals surface area contributed by atoms with Crippen LogP contribution in [0.25, 0.3) is 0 Å². The second kappa shape index (κ2) is 8.35. The van der Waals surface area contributed by atoms with E-state index in [4.69, 9.17) is 27.9 Å². The van der Waals surface area contributed by atoms with Gasteiger partial charge in [-0.25, -0.2) is 4.79 Å². The van der Waals surface area contributed by atoms with Crippen LogP contribution in [0.5, 0.6) is 0 Å². The Morgan fingerprint density at radius 1 is 1.35 bits per heavy atom. The number of methoxy groups -OCH3 is 1. The Labute approximate surface area is 130 Å². The van der Waals surface area contributed by atoms with Crippen LogP contribution in [-0.4, -0.2) is 44.3 Å². The Kier molecular flexibility index (Phi) is 7.13. The summed E-state index contributed by atoms with van der Waals surface area (Å²) in [5.41, 5.74) is 0.996. The number of likely N-dealkylation sites (N-methyl/N-ethyl adjacent to an activating group) is 1. The molecule has 1 unspecified atom stereocenters. The van der Waals surface area contributed by atoms with Gasteiger partial charge in [0.05, 0.1) is 12.6 Å². The van der Waals surface area contributed by atoms with Gasteiger partial charge in [0.15, 0.2) is 0 Å². The number of urea groups is 1. The van der Waals surface area contributed by atoms with Crippen LogP contribution in [-0.2, 0) is 11.2 Å². The van der Waals surface area contributed by atoms with Gasteiger partial charge < -0.3 is 15.0 Å². The summed E-state index contributed by atoms with van der Waals surface area (Å²) in [6.45, 7) is 2.97. The number of ether oxygens (including phenoxy) is 1. The van der Waals surface area contributed by atoms with Gasteiger partial charge in [-0.1, -0.05) is 23.2 Å². The van der Waals surface area contributed by atoms with Crippen LogP contribution in [0.3, 0.4) is 0 Å². The predicted molar refractivity (Wildman–Crippen MR) is 82.7 cm³/mol. The second-order valence-corrected chi connectivity index (χ2v) is 5.55. The first-order valence-corrected chi connectivity index (χ1v) is 7.14. The Morgan fingerprint density at radius 2 is 1.95 bits per heavy atom. The molecule has 2 amide bonds. The summed E-state index contributed by atoms with van der Waals surface area (Å²) in [6.07, 6.45) is 0.679. The minimum atomic E-state index is -0.123. The second-order valence-electron chi connectivity index (χ2n) is 4.67. The lowest BCUT2D eigenvalue weighted by molar-refractivity contribution is 0.123. The number of benzene rings is 1. The smallest absolute Gasteiger partial charge is 0.317 e. The number of hydrogen-bond acceptors (Lipinski definition) is 2. The Balaban J connectivity index is 2.41. The molecule has 1 N–H and O–H groups in total. The van der Waals surface area contributed by atoms with E-state index in [0.29, 0.717) is 29.6 Å². The van der Waals surface area contributed by atoms with Crippen LogP contribution in [0.15, 0.2) is 18.2 Å². The third kappa shape index (κ3) is 5.57. The maximum Gasteiger partial charge on any atom is 0.317 e. The molecule has 112 valence electrons. The van der Waals surface area contributed by atoms with Gasteiger partial charge in [0.25, 0.3) is 0 Å². The van der Waals surface area contributed by atoms with E-state index < -0.39 is 0 Å². The highest BCUT2D eigenvalue weighted by Gasteiger charge is 2.14. The highest BCUT2D eigenvalue weighted by Crippen LogP contribution is 2.19. The van der Waals surface area contributed by atoms with Crippen molar-refractivity contribution in [1.82, 2.24) is 10.2 Å². The normalized spacial score (nSPS) is 12.1. The zero-order valence-corrected chi connectivity index (χ0v) is 13.5. The zero-order chi connectivity index (χ0) is 15.1. The van der Waals surface area contributed by atoms with E-state index >= 15 is 0 Å². The average molecular weight is 319 g/mol. The minimum absolute atomic E-state index is 0.0283. The number of amides is 2. The molecule has 0 heterocycles. The Morgan fingerprint density at radius 3 is 2.50 bits per heavy atom. The molecule has 0 aromatic heterocycles.